The Morgan fingerprint density at radius 2 is 1.83 bits per heavy atom. The zero-order valence-electron chi connectivity index (χ0n) is 11.7. The van der Waals surface area contributed by atoms with Crippen LogP contribution in [0.5, 0.6) is 0 Å². The molecule has 0 radical (unpaired) electrons. The van der Waals surface area contributed by atoms with Gasteiger partial charge in [-0.05, 0) is 31.6 Å². The van der Waals surface area contributed by atoms with Crippen LogP contribution < -0.4 is 11.1 Å². The maximum atomic E-state index is 11.8. The van der Waals surface area contributed by atoms with Crippen molar-refractivity contribution in [3.63, 3.8) is 0 Å². The van der Waals surface area contributed by atoms with Gasteiger partial charge in [-0.2, -0.15) is 0 Å². The third-order valence-corrected chi connectivity index (χ3v) is 3.49. The van der Waals surface area contributed by atoms with Gasteiger partial charge in [0.2, 0.25) is 5.91 Å². The van der Waals surface area contributed by atoms with E-state index < -0.39 is 11.5 Å². The highest BCUT2D eigenvalue weighted by Gasteiger charge is 2.29. The van der Waals surface area contributed by atoms with Crippen LogP contribution in [0.2, 0.25) is 0 Å². The van der Waals surface area contributed by atoms with E-state index in [-0.39, 0.29) is 18.2 Å². The molecule has 5 heteroatoms. The Bertz CT molecular complexity index is 275. The predicted molar refractivity (Wildman–Crippen MR) is 71.2 cm³/mol. The van der Waals surface area contributed by atoms with E-state index in [1.165, 1.54) is 0 Å². The van der Waals surface area contributed by atoms with E-state index in [9.17, 15) is 9.59 Å². The van der Waals surface area contributed by atoms with Gasteiger partial charge in [-0.25, -0.2) is 0 Å². The minimum atomic E-state index is -0.774. The molecule has 0 fully saturated rings. The fraction of sp³-hybridized carbons (Fsp3) is 0.846. The Morgan fingerprint density at radius 3 is 2.28 bits per heavy atom. The molecule has 1 unspecified atom stereocenters. The van der Waals surface area contributed by atoms with Gasteiger partial charge in [0.25, 0.3) is 0 Å². The van der Waals surface area contributed by atoms with E-state index in [2.05, 4.69) is 5.32 Å². The van der Waals surface area contributed by atoms with Crippen LogP contribution in [0.4, 0.5) is 0 Å². The van der Waals surface area contributed by atoms with Gasteiger partial charge in [-0.15, -0.1) is 0 Å². The Hall–Kier alpha value is -1.10. The molecule has 1 atom stereocenters. The summed E-state index contributed by atoms with van der Waals surface area (Å²) in [7, 11) is 0. The highest BCUT2D eigenvalue weighted by molar-refractivity contribution is 5.85. The van der Waals surface area contributed by atoms with Crippen LogP contribution >= 0.6 is 0 Å². The van der Waals surface area contributed by atoms with Crippen molar-refractivity contribution in [2.45, 2.75) is 58.4 Å². The summed E-state index contributed by atoms with van der Waals surface area (Å²) in [5.41, 5.74) is 5.19. The smallest absolute Gasteiger partial charge is 0.303 e. The van der Waals surface area contributed by atoms with Crippen LogP contribution in [-0.2, 0) is 9.59 Å². The van der Waals surface area contributed by atoms with E-state index in [1.807, 2.05) is 20.8 Å². The molecule has 1 amide bonds. The number of hydrogen-bond acceptors (Lipinski definition) is 3. The summed E-state index contributed by atoms with van der Waals surface area (Å²) in [6.07, 6.45) is 2.83. The topological polar surface area (TPSA) is 92.4 Å². The van der Waals surface area contributed by atoms with Crippen molar-refractivity contribution in [2.24, 2.45) is 11.7 Å². The number of hydrogen-bond donors (Lipinski definition) is 3. The maximum absolute atomic E-state index is 11.8. The number of aliphatic carboxylic acids is 1. The number of nitrogens with two attached hydrogens (primary N) is 1. The lowest BCUT2D eigenvalue weighted by Gasteiger charge is -2.25. The van der Waals surface area contributed by atoms with Gasteiger partial charge < -0.3 is 16.2 Å². The van der Waals surface area contributed by atoms with Gasteiger partial charge in [0.1, 0.15) is 0 Å². The molecule has 18 heavy (non-hydrogen) atoms. The molecule has 5 nitrogen and oxygen atoms in total. The van der Waals surface area contributed by atoms with Crippen molar-refractivity contribution in [2.75, 3.05) is 6.54 Å². The molecule has 0 bridgehead atoms. The maximum Gasteiger partial charge on any atom is 0.303 e. The molecule has 106 valence electrons. The van der Waals surface area contributed by atoms with Crippen LogP contribution in [0, 0.1) is 5.92 Å². The second-order valence-electron chi connectivity index (χ2n) is 4.95. The molecule has 0 rings (SSSR count). The zero-order chi connectivity index (χ0) is 14.2. The first-order valence-electron chi connectivity index (χ1n) is 6.64. The molecule has 0 saturated carbocycles. The van der Waals surface area contributed by atoms with Crippen molar-refractivity contribution >= 4 is 11.9 Å². The van der Waals surface area contributed by atoms with Gasteiger partial charge >= 0.3 is 5.97 Å². The first-order chi connectivity index (χ1) is 8.35. The van der Waals surface area contributed by atoms with E-state index in [1.54, 1.807) is 0 Å². The molecular weight excluding hydrogens is 232 g/mol. The summed E-state index contributed by atoms with van der Waals surface area (Å²) in [4.78, 5) is 22.3. The molecule has 0 heterocycles. The van der Waals surface area contributed by atoms with Crippen molar-refractivity contribution < 1.29 is 14.7 Å². The highest BCUT2D eigenvalue weighted by Crippen LogP contribution is 2.12. The van der Waals surface area contributed by atoms with E-state index in [0.717, 1.165) is 6.42 Å². The monoisotopic (exact) mass is 258 g/mol. The average Bonchev–Trinajstić information content (AvgIpc) is 2.35. The van der Waals surface area contributed by atoms with Gasteiger partial charge in [0.05, 0.1) is 5.54 Å². The minimum Gasteiger partial charge on any atom is -0.481 e. The quantitative estimate of drug-likeness (QED) is 0.584. The van der Waals surface area contributed by atoms with Gasteiger partial charge in [0.15, 0.2) is 0 Å². The van der Waals surface area contributed by atoms with Gasteiger partial charge in [-0.3, -0.25) is 9.59 Å². The van der Waals surface area contributed by atoms with Crippen molar-refractivity contribution in [1.82, 2.24) is 5.32 Å². The third-order valence-electron chi connectivity index (χ3n) is 3.49. The fourth-order valence-electron chi connectivity index (χ4n) is 1.69. The summed E-state index contributed by atoms with van der Waals surface area (Å²) in [5, 5.41) is 11.4. The largest absolute Gasteiger partial charge is 0.481 e. The molecule has 0 spiro atoms. The molecular formula is C13H26N2O3. The Kier molecular flexibility index (Phi) is 7.59. The molecule has 0 aliphatic carbocycles. The zero-order valence-corrected chi connectivity index (χ0v) is 11.7. The second-order valence-corrected chi connectivity index (χ2v) is 4.95. The Labute approximate surface area is 109 Å². The van der Waals surface area contributed by atoms with E-state index in [4.69, 9.17) is 10.8 Å². The predicted octanol–water partition coefficient (Wildman–Crippen LogP) is 1.51. The lowest BCUT2D eigenvalue weighted by atomic mass is 9.93. The third kappa shape index (κ3) is 6.00. The van der Waals surface area contributed by atoms with Crippen LogP contribution in [0.1, 0.15) is 52.9 Å². The molecule has 0 aromatic rings. The molecule has 0 saturated heterocycles. The average molecular weight is 258 g/mol. The molecule has 4 N–H and O–H groups in total. The summed E-state index contributed by atoms with van der Waals surface area (Å²) in [5.74, 6) is -0.599. The van der Waals surface area contributed by atoms with Crippen LogP contribution in [-0.4, -0.2) is 29.1 Å². The van der Waals surface area contributed by atoms with Crippen LogP contribution in [0.25, 0.3) is 0 Å². The number of carboxylic acids is 1. The standard InChI is InChI=1S/C13H26N2O3/c1-4-13(14,5-2)12(18)15-9-8-10(3)6-7-11(16)17/h10H,4-9,14H2,1-3H3,(H,15,18)(H,16,17). The number of carbonyl (C=O) groups is 2. The van der Waals surface area contributed by atoms with Crippen molar-refractivity contribution in [1.29, 1.82) is 0 Å². The van der Waals surface area contributed by atoms with E-state index >= 15 is 0 Å². The van der Waals surface area contributed by atoms with Gasteiger partial charge in [-0.1, -0.05) is 20.8 Å². The van der Waals surface area contributed by atoms with Crippen LogP contribution in [0.3, 0.4) is 0 Å². The summed E-state index contributed by atoms with van der Waals surface area (Å²) in [6, 6.07) is 0. The van der Waals surface area contributed by atoms with Crippen molar-refractivity contribution in [3.05, 3.63) is 0 Å². The molecule has 0 aliphatic rings. The Morgan fingerprint density at radius 1 is 1.28 bits per heavy atom. The fourth-order valence-corrected chi connectivity index (χ4v) is 1.69. The number of nitrogens with one attached hydrogen (secondary N) is 1. The molecule has 0 aliphatic heterocycles. The number of carbonyl (C=O) groups excluding carboxylic acids is 1. The van der Waals surface area contributed by atoms with Crippen molar-refractivity contribution in [3.8, 4) is 0 Å². The summed E-state index contributed by atoms with van der Waals surface area (Å²) < 4.78 is 0. The lowest BCUT2D eigenvalue weighted by molar-refractivity contribution is -0.137. The number of rotatable bonds is 9. The summed E-state index contributed by atoms with van der Waals surface area (Å²) in [6.45, 7) is 6.35. The lowest BCUT2D eigenvalue weighted by Crippen LogP contribution is -2.53. The molecule has 0 aromatic heterocycles. The molecule has 0 aromatic carbocycles. The number of amides is 1. The first kappa shape index (κ1) is 16.9. The first-order valence-corrected chi connectivity index (χ1v) is 6.64. The second kappa shape index (κ2) is 8.08. The Balaban J connectivity index is 3.90. The normalized spacial score (nSPS) is 13.1. The highest BCUT2D eigenvalue weighted by atomic mass is 16.4. The number of carboxylic acid groups (broad SMARTS) is 1. The minimum absolute atomic E-state index is 0.113. The van der Waals surface area contributed by atoms with Crippen LogP contribution in [0.15, 0.2) is 0 Å². The summed E-state index contributed by atoms with van der Waals surface area (Å²) >= 11 is 0. The SMILES string of the molecule is CCC(N)(CC)C(=O)NCCC(C)CCC(=O)O. The van der Waals surface area contributed by atoms with Gasteiger partial charge in [0, 0.05) is 13.0 Å². The van der Waals surface area contributed by atoms with E-state index in [0.29, 0.717) is 25.8 Å².